The number of carbonyl (C=O) groups is 1. The van der Waals surface area contributed by atoms with E-state index in [4.69, 9.17) is 10.5 Å². The molecule has 1 heterocycles. The average molecular weight is 333 g/mol. The molecule has 0 bridgehead atoms. The molecule has 0 unspecified atom stereocenters. The second-order valence-corrected chi connectivity index (χ2v) is 5.48. The normalized spacial score (nSPS) is 13.0. The molecule has 4 nitrogen and oxygen atoms in total. The van der Waals surface area contributed by atoms with Crippen LogP contribution in [-0.4, -0.2) is 19.6 Å². The van der Waals surface area contributed by atoms with E-state index in [1.807, 2.05) is 47.4 Å². The van der Waals surface area contributed by atoms with Gasteiger partial charge in [0.1, 0.15) is 5.75 Å². The monoisotopic (exact) mass is 332 g/mol. The van der Waals surface area contributed by atoms with Crippen molar-refractivity contribution in [3.8, 4) is 5.75 Å². The van der Waals surface area contributed by atoms with Crippen LogP contribution in [0.3, 0.4) is 0 Å². The predicted octanol–water partition coefficient (Wildman–Crippen LogP) is 3.22. The lowest BCUT2D eigenvalue weighted by atomic mass is 9.99. The first-order chi connectivity index (χ1) is 10.7. The molecule has 0 aliphatic carbocycles. The molecule has 5 heteroatoms. The molecule has 0 fully saturated rings. The van der Waals surface area contributed by atoms with E-state index >= 15 is 0 Å². The van der Waals surface area contributed by atoms with Gasteiger partial charge in [0.2, 0.25) is 5.91 Å². The SMILES string of the molecule is COc1ccccc1CC(=O)N1CCCc2c(N)cccc21.Cl. The van der Waals surface area contributed by atoms with Crippen molar-refractivity contribution >= 4 is 29.7 Å². The van der Waals surface area contributed by atoms with Crippen LogP contribution in [0.4, 0.5) is 11.4 Å². The summed E-state index contributed by atoms with van der Waals surface area (Å²) in [6.45, 7) is 0.741. The standard InChI is InChI=1S/C18H20N2O2.ClH/c1-22-17-10-3-2-6-13(17)12-18(21)20-11-5-7-14-15(19)8-4-9-16(14)20;/h2-4,6,8-10H,5,7,11-12,19H2,1H3;1H. The number of fused-ring (bicyclic) bond motifs is 1. The summed E-state index contributed by atoms with van der Waals surface area (Å²) in [7, 11) is 1.63. The molecule has 0 spiro atoms. The van der Waals surface area contributed by atoms with Crippen LogP contribution in [0.2, 0.25) is 0 Å². The number of methoxy groups -OCH3 is 1. The van der Waals surface area contributed by atoms with Gasteiger partial charge in [0.15, 0.2) is 0 Å². The molecule has 122 valence electrons. The maximum absolute atomic E-state index is 12.7. The molecule has 2 aromatic carbocycles. The van der Waals surface area contributed by atoms with Crippen molar-refractivity contribution in [2.75, 3.05) is 24.3 Å². The number of hydrogen-bond donors (Lipinski definition) is 1. The van der Waals surface area contributed by atoms with Crippen LogP contribution in [0.5, 0.6) is 5.75 Å². The molecule has 3 rings (SSSR count). The van der Waals surface area contributed by atoms with Gasteiger partial charge in [-0.2, -0.15) is 0 Å². The van der Waals surface area contributed by atoms with Gasteiger partial charge in [-0.15, -0.1) is 12.4 Å². The van der Waals surface area contributed by atoms with E-state index in [2.05, 4.69) is 0 Å². The van der Waals surface area contributed by atoms with Crippen molar-refractivity contribution in [1.29, 1.82) is 0 Å². The van der Waals surface area contributed by atoms with Gasteiger partial charge in [0.05, 0.1) is 13.5 Å². The molecule has 2 aromatic rings. The van der Waals surface area contributed by atoms with E-state index in [9.17, 15) is 4.79 Å². The first-order valence-electron chi connectivity index (χ1n) is 7.50. The molecule has 0 saturated heterocycles. The van der Waals surface area contributed by atoms with E-state index in [0.717, 1.165) is 47.6 Å². The smallest absolute Gasteiger partial charge is 0.231 e. The fourth-order valence-electron chi connectivity index (χ4n) is 3.02. The van der Waals surface area contributed by atoms with Gasteiger partial charge in [-0.3, -0.25) is 4.79 Å². The maximum atomic E-state index is 12.7. The second-order valence-electron chi connectivity index (χ2n) is 5.48. The molecule has 1 aliphatic heterocycles. The minimum absolute atomic E-state index is 0. The van der Waals surface area contributed by atoms with Crippen LogP contribution in [0.15, 0.2) is 42.5 Å². The first-order valence-corrected chi connectivity index (χ1v) is 7.50. The predicted molar refractivity (Wildman–Crippen MR) is 95.5 cm³/mol. The number of rotatable bonds is 3. The van der Waals surface area contributed by atoms with Gasteiger partial charge in [-0.1, -0.05) is 24.3 Å². The summed E-state index contributed by atoms with van der Waals surface area (Å²) in [5.41, 5.74) is 9.76. The zero-order valence-electron chi connectivity index (χ0n) is 13.1. The lowest BCUT2D eigenvalue weighted by Gasteiger charge is -2.30. The molecule has 1 amide bonds. The molecule has 23 heavy (non-hydrogen) atoms. The van der Waals surface area contributed by atoms with Crippen molar-refractivity contribution in [3.63, 3.8) is 0 Å². The largest absolute Gasteiger partial charge is 0.496 e. The maximum Gasteiger partial charge on any atom is 0.231 e. The van der Waals surface area contributed by atoms with E-state index in [1.165, 1.54) is 0 Å². The number of carbonyl (C=O) groups excluding carboxylic acids is 1. The van der Waals surface area contributed by atoms with E-state index in [1.54, 1.807) is 7.11 Å². The third-order valence-electron chi connectivity index (χ3n) is 4.12. The van der Waals surface area contributed by atoms with Crippen molar-refractivity contribution in [2.24, 2.45) is 0 Å². The van der Waals surface area contributed by atoms with E-state index < -0.39 is 0 Å². The molecule has 0 atom stereocenters. The molecule has 2 N–H and O–H groups in total. The third-order valence-corrected chi connectivity index (χ3v) is 4.12. The van der Waals surface area contributed by atoms with Crippen LogP contribution in [0, 0.1) is 0 Å². The summed E-state index contributed by atoms with van der Waals surface area (Å²) in [5.74, 6) is 0.830. The van der Waals surface area contributed by atoms with Gasteiger partial charge < -0.3 is 15.4 Å². The Labute approximate surface area is 142 Å². The Morgan fingerprint density at radius 2 is 2.00 bits per heavy atom. The number of amides is 1. The molecule has 1 aliphatic rings. The summed E-state index contributed by atoms with van der Waals surface area (Å²) < 4.78 is 5.33. The van der Waals surface area contributed by atoms with Gasteiger partial charge in [0.25, 0.3) is 0 Å². The Bertz CT molecular complexity index is 703. The number of para-hydroxylation sites is 1. The Hall–Kier alpha value is -2.20. The number of benzene rings is 2. The Morgan fingerprint density at radius 1 is 1.22 bits per heavy atom. The van der Waals surface area contributed by atoms with Gasteiger partial charge in [-0.25, -0.2) is 0 Å². The van der Waals surface area contributed by atoms with Crippen molar-refractivity contribution in [1.82, 2.24) is 0 Å². The zero-order chi connectivity index (χ0) is 15.5. The number of nitrogens with zero attached hydrogens (tertiary/aromatic N) is 1. The van der Waals surface area contributed by atoms with Crippen LogP contribution in [0.1, 0.15) is 17.5 Å². The highest BCUT2D eigenvalue weighted by Gasteiger charge is 2.24. The minimum Gasteiger partial charge on any atom is -0.496 e. The lowest BCUT2D eigenvalue weighted by Crippen LogP contribution is -2.36. The van der Waals surface area contributed by atoms with Gasteiger partial charge >= 0.3 is 0 Å². The van der Waals surface area contributed by atoms with Gasteiger partial charge in [0, 0.05) is 23.5 Å². The van der Waals surface area contributed by atoms with Crippen LogP contribution >= 0.6 is 12.4 Å². The second kappa shape index (κ2) is 7.38. The molecule has 0 radical (unpaired) electrons. The molecular weight excluding hydrogens is 312 g/mol. The topological polar surface area (TPSA) is 55.6 Å². The van der Waals surface area contributed by atoms with Crippen LogP contribution in [0.25, 0.3) is 0 Å². The summed E-state index contributed by atoms with van der Waals surface area (Å²) in [6, 6.07) is 13.4. The highest BCUT2D eigenvalue weighted by molar-refractivity contribution is 5.97. The lowest BCUT2D eigenvalue weighted by molar-refractivity contribution is -0.118. The third kappa shape index (κ3) is 3.42. The van der Waals surface area contributed by atoms with Crippen molar-refractivity contribution in [2.45, 2.75) is 19.3 Å². The number of nitrogens with two attached hydrogens (primary N) is 1. The highest BCUT2D eigenvalue weighted by Crippen LogP contribution is 2.32. The van der Waals surface area contributed by atoms with Gasteiger partial charge in [-0.05, 0) is 36.6 Å². The first kappa shape index (κ1) is 17.2. The summed E-state index contributed by atoms with van der Waals surface area (Å²) in [5, 5.41) is 0. The van der Waals surface area contributed by atoms with E-state index in [-0.39, 0.29) is 18.3 Å². The number of halogens is 1. The van der Waals surface area contributed by atoms with E-state index in [0.29, 0.717) is 6.42 Å². The zero-order valence-corrected chi connectivity index (χ0v) is 13.9. The summed E-state index contributed by atoms with van der Waals surface area (Å²) in [4.78, 5) is 14.6. The molecular formula is C18H21ClN2O2. The number of anilines is 2. The number of hydrogen-bond acceptors (Lipinski definition) is 3. The van der Waals surface area contributed by atoms with Crippen molar-refractivity contribution < 1.29 is 9.53 Å². The summed E-state index contributed by atoms with van der Waals surface area (Å²) >= 11 is 0. The average Bonchev–Trinajstić information content (AvgIpc) is 2.55. The number of nitrogen functional groups attached to an aromatic ring is 1. The Kier molecular flexibility index (Phi) is 5.50. The fourth-order valence-corrected chi connectivity index (χ4v) is 3.02. The quantitative estimate of drug-likeness (QED) is 0.878. The minimum atomic E-state index is 0. The summed E-state index contributed by atoms with van der Waals surface area (Å²) in [6.07, 6.45) is 2.21. The Morgan fingerprint density at radius 3 is 2.78 bits per heavy atom. The molecule has 0 saturated carbocycles. The molecule has 0 aromatic heterocycles. The Balaban J connectivity index is 0.00000192. The van der Waals surface area contributed by atoms with Crippen LogP contribution < -0.4 is 15.4 Å². The fraction of sp³-hybridized carbons (Fsp3) is 0.278. The highest BCUT2D eigenvalue weighted by atomic mass is 35.5. The van der Waals surface area contributed by atoms with Crippen molar-refractivity contribution in [3.05, 3.63) is 53.6 Å². The number of ether oxygens (including phenoxy) is 1. The van der Waals surface area contributed by atoms with Crippen LogP contribution in [-0.2, 0) is 17.6 Å².